The number of ether oxygens (including phenoxy) is 1. The molecule has 2 heterocycles. The summed E-state index contributed by atoms with van der Waals surface area (Å²) in [5.74, 6) is 0.115. The van der Waals surface area contributed by atoms with E-state index in [0.717, 1.165) is 0 Å². The van der Waals surface area contributed by atoms with Crippen LogP contribution in [-0.4, -0.2) is 48.4 Å². The van der Waals surface area contributed by atoms with Gasteiger partial charge >= 0.3 is 0 Å². The number of amides is 2. The van der Waals surface area contributed by atoms with E-state index in [1.54, 1.807) is 47.4 Å². The SMILES string of the molecule is CN(C(=O)C1CC(=O)N(CCOc2ccccc2Cl)C1)c1cccnc1. The maximum absolute atomic E-state index is 12.6. The van der Waals surface area contributed by atoms with Crippen LogP contribution in [0.5, 0.6) is 5.75 Å². The number of hydrogen-bond acceptors (Lipinski definition) is 4. The Balaban J connectivity index is 1.53. The predicted octanol–water partition coefficient (Wildman–Crippen LogP) is 2.63. The number of hydrogen-bond donors (Lipinski definition) is 0. The quantitative estimate of drug-likeness (QED) is 0.780. The van der Waals surface area contributed by atoms with Crippen molar-refractivity contribution in [1.29, 1.82) is 0 Å². The maximum atomic E-state index is 12.6. The molecule has 1 aliphatic rings. The highest BCUT2D eigenvalue weighted by molar-refractivity contribution is 6.32. The van der Waals surface area contributed by atoms with Crippen molar-refractivity contribution in [2.24, 2.45) is 5.92 Å². The number of carbonyl (C=O) groups excluding carboxylic acids is 2. The van der Waals surface area contributed by atoms with Gasteiger partial charge < -0.3 is 14.5 Å². The van der Waals surface area contributed by atoms with Crippen molar-refractivity contribution >= 4 is 29.1 Å². The second-order valence-corrected chi connectivity index (χ2v) is 6.54. The van der Waals surface area contributed by atoms with E-state index in [4.69, 9.17) is 16.3 Å². The lowest BCUT2D eigenvalue weighted by Gasteiger charge is -2.21. The fourth-order valence-electron chi connectivity index (χ4n) is 2.93. The second-order valence-electron chi connectivity index (χ2n) is 6.13. The number of pyridine rings is 1. The molecule has 0 saturated carbocycles. The third-order valence-corrected chi connectivity index (χ3v) is 4.70. The highest BCUT2D eigenvalue weighted by Crippen LogP contribution is 2.24. The first-order valence-electron chi connectivity index (χ1n) is 8.39. The van der Waals surface area contributed by atoms with Gasteiger partial charge in [-0.2, -0.15) is 0 Å². The zero-order chi connectivity index (χ0) is 18.5. The Kier molecular flexibility index (Phi) is 5.73. The Bertz CT molecular complexity index is 785. The van der Waals surface area contributed by atoms with Gasteiger partial charge in [-0.25, -0.2) is 0 Å². The number of nitrogens with zero attached hydrogens (tertiary/aromatic N) is 3. The molecule has 1 atom stereocenters. The van der Waals surface area contributed by atoms with E-state index in [1.807, 2.05) is 18.2 Å². The summed E-state index contributed by atoms with van der Waals surface area (Å²) in [7, 11) is 1.70. The van der Waals surface area contributed by atoms with Gasteiger partial charge in [-0.3, -0.25) is 14.6 Å². The minimum absolute atomic E-state index is 0.0364. The van der Waals surface area contributed by atoms with Crippen molar-refractivity contribution in [3.05, 3.63) is 53.8 Å². The fourth-order valence-corrected chi connectivity index (χ4v) is 3.12. The number of benzene rings is 1. The average molecular weight is 374 g/mol. The van der Waals surface area contributed by atoms with E-state index < -0.39 is 0 Å². The van der Waals surface area contributed by atoms with Crippen LogP contribution in [0, 0.1) is 5.92 Å². The summed E-state index contributed by atoms with van der Waals surface area (Å²) in [4.78, 5) is 32.1. The number of rotatable bonds is 6. The Morgan fingerprint density at radius 2 is 2.15 bits per heavy atom. The summed E-state index contributed by atoms with van der Waals surface area (Å²) in [6.45, 7) is 1.15. The number of anilines is 1. The smallest absolute Gasteiger partial charge is 0.232 e. The van der Waals surface area contributed by atoms with Crippen LogP contribution in [0.1, 0.15) is 6.42 Å². The van der Waals surface area contributed by atoms with Gasteiger partial charge in [0.1, 0.15) is 12.4 Å². The largest absolute Gasteiger partial charge is 0.490 e. The van der Waals surface area contributed by atoms with Crippen LogP contribution in [0.15, 0.2) is 48.8 Å². The molecule has 1 saturated heterocycles. The van der Waals surface area contributed by atoms with E-state index in [1.165, 1.54) is 0 Å². The molecule has 1 aromatic heterocycles. The zero-order valence-electron chi connectivity index (χ0n) is 14.5. The van der Waals surface area contributed by atoms with Crippen molar-refractivity contribution < 1.29 is 14.3 Å². The molecule has 0 aliphatic carbocycles. The molecule has 7 heteroatoms. The molecule has 136 valence electrons. The molecule has 6 nitrogen and oxygen atoms in total. The summed E-state index contributed by atoms with van der Waals surface area (Å²) < 4.78 is 5.63. The van der Waals surface area contributed by atoms with E-state index >= 15 is 0 Å². The van der Waals surface area contributed by atoms with Gasteiger partial charge in [-0.15, -0.1) is 0 Å². The van der Waals surface area contributed by atoms with Gasteiger partial charge in [-0.1, -0.05) is 23.7 Å². The van der Waals surface area contributed by atoms with E-state index in [-0.39, 0.29) is 24.2 Å². The number of likely N-dealkylation sites (tertiary alicyclic amines) is 1. The second kappa shape index (κ2) is 8.19. The highest BCUT2D eigenvalue weighted by Gasteiger charge is 2.35. The standard InChI is InChI=1S/C19H20ClN3O3/c1-22(15-5-4-8-21-12-15)19(25)14-11-18(24)23(13-14)9-10-26-17-7-3-2-6-16(17)20/h2-8,12,14H,9-11,13H2,1H3. The monoisotopic (exact) mass is 373 g/mol. The molecule has 1 fully saturated rings. The van der Waals surface area contributed by atoms with Gasteiger partial charge in [-0.05, 0) is 24.3 Å². The first-order chi connectivity index (χ1) is 12.6. The van der Waals surface area contributed by atoms with E-state index in [2.05, 4.69) is 4.98 Å². The molecule has 26 heavy (non-hydrogen) atoms. The van der Waals surface area contributed by atoms with Crippen LogP contribution in [0.4, 0.5) is 5.69 Å². The van der Waals surface area contributed by atoms with E-state index in [9.17, 15) is 9.59 Å². The van der Waals surface area contributed by atoms with Crippen molar-refractivity contribution in [3.8, 4) is 5.75 Å². The summed E-state index contributed by atoms with van der Waals surface area (Å²) in [5.41, 5.74) is 0.713. The van der Waals surface area contributed by atoms with Crippen LogP contribution < -0.4 is 9.64 Å². The third-order valence-electron chi connectivity index (χ3n) is 4.38. The predicted molar refractivity (Wildman–Crippen MR) is 99.3 cm³/mol. The Labute approximate surface area is 157 Å². The normalized spacial score (nSPS) is 16.6. The lowest BCUT2D eigenvalue weighted by molar-refractivity contribution is -0.128. The van der Waals surface area contributed by atoms with Gasteiger partial charge in [0, 0.05) is 26.2 Å². The van der Waals surface area contributed by atoms with E-state index in [0.29, 0.717) is 36.2 Å². The molecule has 0 N–H and O–H groups in total. The van der Waals surface area contributed by atoms with Gasteiger partial charge in [0.15, 0.2) is 0 Å². The van der Waals surface area contributed by atoms with Crippen molar-refractivity contribution in [2.75, 3.05) is 31.6 Å². The van der Waals surface area contributed by atoms with Crippen LogP contribution >= 0.6 is 11.6 Å². The third kappa shape index (κ3) is 4.14. The highest BCUT2D eigenvalue weighted by atomic mass is 35.5. The molecule has 2 amide bonds. The molecule has 0 bridgehead atoms. The molecule has 1 aromatic carbocycles. The number of carbonyl (C=O) groups is 2. The fraction of sp³-hybridized carbons (Fsp3) is 0.316. The zero-order valence-corrected chi connectivity index (χ0v) is 15.2. The summed E-state index contributed by atoms with van der Waals surface area (Å²) >= 11 is 6.05. The van der Waals surface area contributed by atoms with Crippen LogP contribution in [-0.2, 0) is 9.59 Å². The maximum Gasteiger partial charge on any atom is 0.232 e. The molecule has 1 aliphatic heterocycles. The summed E-state index contributed by atoms with van der Waals surface area (Å²) in [5, 5.41) is 0.534. The van der Waals surface area contributed by atoms with Crippen LogP contribution in [0.25, 0.3) is 0 Å². The van der Waals surface area contributed by atoms with Gasteiger partial charge in [0.2, 0.25) is 11.8 Å². The Morgan fingerprint density at radius 1 is 1.35 bits per heavy atom. The number of aromatic nitrogens is 1. The molecule has 3 rings (SSSR count). The molecular formula is C19H20ClN3O3. The van der Waals surface area contributed by atoms with Crippen molar-refractivity contribution in [2.45, 2.75) is 6.42 Å². The lowest BCUT2D eigenvalue weighted by Crippen LogP contribution is -2.35. The van der Waals surface area contributed by atoms with Crippen molar-refractivity contribution in [3.63, 3.8) is 0 Å². The summed E-state index contributed by atoms with van der Waals surface area (Å²) in [6.07, 6.45) is 3.50. The Hall–Kier alpha value is -2.60. The first kappa shape index (κ1) is 18.2. The van der Waals surface area contributed by atoms with Crippen LogP contribution in [0.2, 0.25) is 5.02 Å². The van der Waals surface area contributed by atoms with Crippen LogP contribution in [0.3, 0.4) is 0 Å². The number of halogens is 1. The Morgan fingerprint density at radius 3 is 2.88 bits per heavy atom. The number of para-hydroxylation sites is 1. The lowest BCUT2D eigenvalue weighted by atomic mass is 10.1. The average Bonchev–Trinajstić information content (AvgIpc) is 3.03. The minimum Gasteiger partial charge on any atom is -0.490 e. The summed E-state index contributed by atoms with van der Waals surface area (Å²) in [6, 6.07) is 10.8. The molecule has 1 unspecified atom stereocenters. The molecular weight excluding hydrogens is 354 g/mol. The molecule has 0 spiro atoms. The molecule has 0 radical (unpaired) electrons. The van der Waals surface area contributed by atoms with Crippen molar-refractivity contribution in [1.82, 2.24) is 9.88 Å². The van der Waals surface area contributed by atoms with Gasteiger partial charge in [0.25, 0.3) is 0 Å². The minimum atomic E-state index is -0.354. The first-order valence-corrected chi connectivity index (χ1v) is 8.76. The van der Waals surface area contributed by atoms with Gasteiger partial charge in [0.05, 0.1) is 29.4 Å². The molecule has 2 aromatic rings. The topological polar surface area (TPSA) is 62.7 Å².